The SMILES string of the molecule is C=Cc1ccc(C(=O)OCC(=O)c2c(C)c(C)c(C)c(C)c2C)cc1. The van der Waals surface area contributed by atoms with Gasteiger partial charge in [-0.3, -0.25) is 4.79 Å². The van der Waals surface area contributed by atoms with Crippen molar-refractivity contribution in [3.05, 3.63) is 75.4 Å². The van der Waals surface area contributed by atoms with Crippen LogP contribution in [0.4, 0.5) is 0 Å². The Labute approximate surface area is 149 Å². The fourth-order valence-corrected chi connectivity index (χ4v) is 2.96. The van der Waals surface area contributed by atoms with Crippen LogP contribution in [0.5, 0.6) is 0 Å². The second-order valence-electron chi connectivity index (χ2n) is 6.33. The van der Waals surface area contributed by atoms with Gasteiger partial charge in [0.2, 0.25) is 5.78 Å². The van der Waals surface area contributed by atoms with Gasteiger partial charge in [0.05, 0.1) is 5.56 Å². The zero-order valence-corrected chi connectivity index (χ0v) is 15.5. The number of ether oxygens (including phenoxy) is 1. The van der Waals surface area contributed by atoms with Gasteiger partial charge in [-0.2, -0.15) is 0 Å². The highest BCUT2D eigenvalue weighted by Crippen LogP contribution is 2.26. The number of carbonyl (C=O) groups excluding carboxylic acids is 2. The summed E-state index contributed by atoms with van der Waals surface area (Å²) in [5, 5.41) is 0. The maximum absolute atomic E-state index is 12.6. The van der Waals surface area contributed by atoms with Crippen molar-refractivity contribution in [1.82, 2.24) is 0 Å². The standard InChI is InChI=1S/C22H24O3/c1-7-18-8-10-19(11-9-18)22(24)25-12-20(23)21-16(5)14(3)13(2)15(4)17(21)6/h7-11H,1,12H2,2-6H3. The molecule has 0 aliphatic rings. The van der Waals surface area contributed by atoms with Gasteiger partial charge in [0.15, 0.2) is 6.61 Å². The molecular weight excluding hydrogens is 312 g/mol. The molecule has 0 unspecified atom stereocenters. The Morgan fingerprint density at radius 3 is 1.84 bits per heavy atom. The maximum atomic E-state index is 12.6. The van der Waals surface area contributed by atoms with Crippen molar-refractivity contribution in [3.8, 4) is 0 Å². The zero-order valence-electron chi connectivity index (χ0n) is 15.5. The summed E-state index contributed by atoms with van der Waals surface area (Å²) in [6, 6.07) is 6.90. The van der Waals surface area contributed by atoms with Crippen molar-refractivity contribution >= 4 is 17.8 Å². The fraction of sp³-hybridized carbons (Fsp3) is 0.273. The second kappa shape index (κ2) is 7.47. The average molecular weight is 336 g/mol. The first-order valence-corrected chi connectivity index (χ1v) is 8.27. The molecule has 2 aromatic carbocycles. The molecule has 3 nitrogen and oxygen atoms in total. The fourth-order valence-electron chi connectivity index (χ4n) is 2.96. The zero-order chi connectivity index (χ0) is 18.7. The summed E-state index contributed by atoms with van der Waals surface area (Å²) in [4.78, 5) is 24.8. The Kier molecular flexibility index (Phi) is 5.58. The summed E-state index contributed by atoms with van der Waals surface area (Å²) >= 11 is 0. The molecule has 130 valence electrons. The maximum Gasteiger partial charge on any atom is 0.338 e. The van der Waals surface area contributed by atoms with Crippen molar-refractivity contribution in [3.63, 3.8) is 0 Å². The highest BCUT2D eigenvalue weighted by Gasteiger charge is 2.19. The molecule has 0 saturated carbocycles. The molecule has 0 spiro atoms. The molecule has 0 aliphatic heterocycles. The van der Waals surface area contributed by atoms with Crippen LogP contribution >= 0.6 is 0 Å². The lowest BCUT2D eigenvalue weighted by Crippen LogP contribution is -2.17. The second-order valence-corrected chi connectivity index (χ2v) is 6.33. The van der Waals surface area contributed by atoms with E-state index in [1.807, 2.05) is 27.7 Å². The molecule has 25 heavy (non-hydrogen) atoms. The van der Waals surface area contributed by atoms with Gasteiger partial charge in [0.1, 0.15) is 0 Å². The summed E-state index contributed by atoms with van der Waals surface area (Å²) < 4.78 is 5.22. The summed E-state index contributed by atoms with van der Waals surface area (Å²) in [7, 11) is 0. The molecule has 0 amide bonds. The van der Waals surface area contributed by atoms with Crippen molar-refractivity contribution in [2.24, 2.45) is 0 Å². The van der Waals surface area contributed by atoms with Crippen LogP contribution in [0.3, 0.4) is 0 Å². The van der Waals surface area contributed by atoms with Gasteiger partial charge in [-0.25, -0.2) is 4.79 Å². The van der Waals surface area contributed by atoms with E-state index in [9.17, 15) is 9.59 Å². The van der Waals surface area contributed by atoms with E-state index in [0.717, 1.165) is 27.8 Å². The minimum atomic E-state index is -0.500. The monoisotopic (exact) mass is 336 g/mol. The molecular formula is C22H24O3. The van der Waals surface area contributed by atoms with Crippen LogP contribution in [-0.4, -0.2) is 18.4 Å². The van der Waals surface area contributed by atoms with Crippen LogP contribution in [0.2, 0.25) is 0 Å². The minimum absolute atomic E-state index is 0.169. The molecule has 0 bridgehead atoms. The number of hydrogen-bond acceptors (Lipinski definition) is 3. The molecule has 0 aromatic heterocycles. The van der Waals surface area contributed by atoms with Crippen LogP contribution in [0.15, 0.2) is 30.8 Å². The Hall–Kier alpha value is -2.68. The lowest BCUT2D eigenvalue weighted by molar-refractivity contribution is 0.0474. The molecule has 0 atom stereocenters. The van der Waals surface area contributed by atoms with Crippen LogP contribution in [0.1, 0.15) is 54.1 Å². The molecule has 0 N–H and O–H groups in total. The van der Waals surface area contributed by atoms with Gasteiger partial charge in [0.25, 0.3) is 0 Å². The molecule has 0 fully saturated rings. The lowest BCUT2D eigenvalue weighted by Gasteiger charge is -2.17. The third kappa shape index (κ3) is 3.71. The summed E-state index contributed by atoms with van der Waals surface area (Å²) in [6.07, 6.45) is 1.70. The Balaban J connectivity index is 2.17. The highest BCUT2D eigenvalue weighted by atomic mass is 16.5. The third-order valence-corrected chi connectivity index (χ3v) is 5.00. The quantitative estimate of drug-likeness (QED) is 0.575. The molecule has 2 rings (SSSR count). The number of hydrogen-bond donors (Lipinski definition) is 0. The van der Waals surface area contributed by atoms with Gasteiger partial charge in [-0.05, 0) is 80.1 Å². The summed E-state index contributed by atoms with van der Waals surface area (Å²) in [5.74, 6) is -0.669. The minimum Gasteiger partial charge on any atom is -0.454 e. The number of Topliss-reactive ketones (excluding diaryl/α,β-unsaturated/α-hetero) is 1. The first-order valence-electron chi connectivity index (χ1n) is 8.27. The predicted molar refractivity (Wildman–Crippen MR) is 101 cm³/mol. The molecule has 2 aromatic rings. The summed E-state index contributed by atoms with van der Waals surface area (Å²) in [5.41, 5.74) is 7.33. The molecule has 3 heteroatoms. The van der Waals surface area contributed by atoms with E-state index in [4.69, 9.17) is 4.74 Å². The van der Waals surface area contributed by atoms with Gasteiger partial charge < -0.3 is 4.74 Å². The Morgan fingerprint density at radius 2 is 1.36 bits per heavy atom. The topological polar surface area (TPSA) is 43.4 Å². The van der Waals surface area contributed by atoms with Gasteiger partial charge >= 0.3 is 5.97 Å². The van der Waals surface area contributed by atoms with Crippen LogP contribution in [0.25, 0.3) is 6.08 Å². The van der Waals surface area contributed by atoms with Crippen LogP contribution in [-0.2, 0) is 4.74 Å². The normalized spacial score (nSPS) is 10.4. The van der Waals surface area contributed by atoms with Gasteiger partial charge in [0, 0.05) is 5.56 Å². The van der Waals surface area contributed by atoms with Crippen LogP contribution < -0.4 is 0 Å². The number of carbonyl (C=O) groups is 2. The van der Waals surface area contributed by atoms with E-state index in [2.05, 4.69) is 13.5 Å². The van der Waals surface area contributed by atoms with E-state index in [1.165, 1.54) is 5.56 Å². The number of esters is 1. The molecule has 0 radical (unpaired) electrons. The lowest BCUT2D eigenvalue weighted by atomic mass is 9.88. The van der Waals surface area contributed by atoms with E-state index in [1.54, 1.807) is 30.3 Å². The smallest absolute Gasteiger partial charge is 0.338 e. The molecule has 0 saturated heterocycles. The van der Waals surface area contributed by atoms with Gasteiger partial charge in [-0.1, -0.05) is 24.8 Å². The van der Waals surface area contributed by atoms with Gasteiger partial charge in [-0.15, -0.1) is 0 Å². The molecule has 0 aliphatic carbocycles. The van der Waals surface area contributed by atoms with E-state index in [-0.39, 0.29) is 12.4 Å². The Bertz CT molecular complexity index is 814. The van der Waals surface area contributed by atoms with Crippen molar-refractivity contribution in [2.75, 3.05) is 6.61 Å². The van der Waals surface area contributed by atoms with Crippen molar-refractivity contribution in [2.45, 2.75) is 34.6 Å². The third-order valence-electron chi connectivity index (χ3n) is 5.00. The van der Waals surface area contributed by atoms with E-state index in [0.29, 0.717) is 11.1 Å². The number of benzene rings is 2. The number of ketones is 1. The largest absolute Gasteiger partial charge is 0.454 e. The van der Waals surface area contributed by atoms with E-state index < -0.39 is 5.97 Å². The van der Waals surface area contributed by atoms with E-state index >= 15 is 0 Å². The first kappa shape index (κ1) is 18.7. The highest BCUT2D eigenvalue weighted by molar-refractivity contribution is 6.02. The predicted octanol–water partition coefficient (Wildman–Crippen LogP) is 4.91. The Morgan fingerprint density at radius 1 is 0.880 bits per heavy atom. The van der Waals surface area contributed by atoms with Crippen LogP contribution in [0, 0.1) is 34.6 Å². The van der Waals surface area contributed by atoms with Crippen molar-refractivity contribution < 1.29 is 14.3 Å². The van der Waals surface area contributed by atoms with Crippen molar-refractivity contribution in [1.29, 1.82) is 0 Å². The molecule has 0 heterocycles. The average Bonchev–Trinajstić information content (AvgIpc) is 2.63. The first-order chi connectivity index (χ1) is 11.8. The summed E-state index contributed by atoms with van der Waals surface area (Å²) in [6.45, 7) is 13.4. The number of rotatable bonds is 5.